The summed E-state index contributed by atoms with van der Waals surface area (Å²) in [5.74, 6) is -1.03. The zero-order chi connectivity index (χ0) is 67.5. The fourth-order valence-corrected chi connectivity index (χ4v) is 15.7. The summed E-state index contributed by atoms with van der Waals surface area (Å²) in [5.41, 5.74) is 1.11. The second-order valence-electron chi connectivity index (χ2n) is 26.1. The Balaban J connectivity index is 0.713. The zero-order valence-corrected chi connectivity index (χ0v) is 52.1. The second-order valence-corrected chi connectivity index (χ2v) is 27.1. The molecule has 5 aromatic heterocycles. The van der Waals surface area contributed by atoms with Crippen LogP contribution in [0, 0.1) is 37.5 Å². The van der Waals surface area contributed by atoms with Gasteiger partial charge in [-0.15, -0.1) is 11.8 Å². The molecule has 504 valence electrons. The zero-order valence-electron chi connectivity index (χ0n) is 51.3. The lowest BCUT2D eigenvalue weighted by molar-refractivity contribution is -0.142. The molecule has 2 unspecified atom stereocenters. The van der Waals surface area contributed by atoms with Gasteiger partial charge in [0, 0.05) is 189 Å². The van der Waals surface area contributed by atoms with Gasteiger partial charge in [0.1, 0.15) is 17.9 Å². The number of aromatic nitrogens is 5. The van der Waals surface area contributed by atoms with Crippen molar-refractivity contribution in [2.45, 2.75) is 134 Å². The Morgan fingerprint density at radius 3 is 1.53 bits per heavy atom. The van der Waals surface area contributed by atoms with Crippen LogP contribution in [-0.4, -0.2) is 107 Å². The Kier molecular flexibility index (Phi) is 16.8. The lowest BCUT2D eigenvalue weighted by atomic mass is 9.94. The molecule has 3 amide bonds. The van der Waals surface area contributed by atoms with Crippen LogP contribution >= 0.6 is 11.8 Å². The molecule has 0 radical (unpaired) electrons. The van der Waals surface area contributed by atoms with Gasteiger partial charge in [-0.2, -0.15) is 52.7 Å². The molecule has 1 aliphatic carbocycles. The summed E-state index contributed by atoms with van der Waals surface area (Å²) in [7, 11) is 0. The van der Waals surface area contributed by atoms with E-state index in [-0.39, 0.29) is 137 Å². The van der Waals surface area contributed by atoms with E-state index in [2.05, 4.69) is 9.97 Å². The predicted molar refractivity (Wildman–Crippen MR) is 323 cm³/mol. The number of halogens is 12. The number of aryl methyl sites for hydroxylation is 2. The molecule has 0 spiro atoms. The number of anilines is 3. The number of hydrogen-bond acceptors (Lipinski definition) is 12. The monoisotopic (exact) mass is 1350 g/mol. The van der Waals surface area contributed by atoms with Crippen LogP contribution in [0.3, 0.4) is 0 Å². The van der Waals surface area contributed by atoms with Crippen molar-refractivity contribution in [2.24, 2.45) is 23.7 Å². The van der Waals surface area contributed by atoms with Gasteiger partial charge in [0.15, 0.2) is 0 Å². The number of carbonyl (C=O) groups is 3. The summed E-state index contributed by atoms with van der Waals surface area (Å²) in [6.07, 6.45) is -15.7. The number of rotatable bonds is 17. The van der Waals surface area contributed by atoms with Crippen LogP contribution in [0.5, 0.6) is 0 Å². The molecule has 7 aliphatic rings. The maximum atomic E-state index is 14.9. The van der Waals surface area contributed by atoms with Gasteiger partial charge in [0.25, 0.3) is 16.7 Å². The molecule has 0 N–H and O–H groups in total. The Bertz CT molecular complexity index is 4250. The molecule has 6 aromatic rings. The van der Waals surface area contributed by atoms with Crippen molar-refractivity contribution in [2.75, 3.05) is 59.7 Å². The number of nitrogens with zero attached hydrogens (tertiary/aromatic N) is 11. The second kappa shape index (κ2) is 24.4. The summed E-state index contributed by atoms with van der Waals surface area (Å²) in [4.78, 5) is 102. The van der Waals surface area contributed by atoms with E-state index in [1.165, 1.54) is 45.5 Å². The molecule has 2 atom stereocenters. The van der Waals surface area contributed by atoms with Gasteiger partial charge in [-0.1, -0.05) is 0 Å². The maximum absolute atomic E-state index is 14.9. The third-order valence-electron chi connectivity index (χ3n) is 19.5. The van der Waals surface area contributed by atoms with Gasteiger partial charge in [-0.25, -0.2) is 0 Å². The van der Waals surface area contributed by atoms with Gasteiger partial charge in [0.2, 0.25) is 17.7 Å². The van der Waals surface area contributed by atoms with Gasteiger partial charge >= 0.3 is 24.7 Å². The Labute approximate surface area is 538 Å². The fraction of sp³-hybridized carbons (Fsp3) is 0.477. The van der Waals surface area contributed by atoms with Crippen molar-refractivity contribution in [3.8, 4) is 0 Å². The number of thioether (sulfide) groups is 1. The quantitative estimate of drug-likeness (QED) is 0.0629. The lowest BCUT2D eigenvalue weighted by Crippen LogP contribution is -2.48. The molecule has 1 saturated carbocycles. The van der Waals surface area contributed by atoms with Crippen molar-refractivity contribution in [1.82, 2.24) is 38.4 Å². The molecule has 17 nitrogen and oxygen atoms in total. The molecule has 13 rings (SSSR count). The molecule has 0 bridgehead atoms. The summed E-state index contributed by atoms with van der Waals surface area (Å²) in [6, 6.07) is 11.9. The standard InChI is InChI=1S/C65H63F12N11O6S/c1-35-13-59(93)88(52-32-83(27-46(35)52)55(89)15-38-23-81(24-38)44-7-10-78-53(19-44)64(72,73)74)49-17-41(49)33-95-60-36(2)61(94)86(51-31-85(29-48(51)60)57(91)16-39-25-82(26-39)45-8-11-79-54(20-45)65(75,76)77)12-9-40-18-58(92)87(34-62(66,67)68)50-30-84(28-47(40)50)56(90)14-37-21-80(22-37)43-5-3-42(4-6-43)63(69,70)71/h3-8,10-11,13,18-20,37-39,41,49H,9,12,14-17,21-34H2,1-2H3. The average molecular weight is 1350 g/mol. The van der Waals surface area contributed by atoms with E-state index in [1.54, 1.807) is 42.1 Å². The normalized spacial score (nSPS) is 19.1. The third kappa shape index (κ3) is 13.3. The van der Waals surface area contributed by atoms with Gasteiger partial charge in [-0.3, -0.25) is 38.7 Å². The van der Waals surface area contributed by atoms with Crippen LogP contribution in [-0.2, 0) is 91.7 Å². The highest BCUT2D eigenvalue weighted by atomic mass is 32.2. The van der Waals surface area contributed by atoms with Gasteiger partial charge in [0.05, 0.1) is 25.2 Å². The van der Waals surface area contributed by atoms with Crippen molar-refractivity contribution in [1.29, 1.82) is 0 Å². The number of benzene rings is 1. The minimum atomic E-state index is -4.81. The van der Waals surface area contributed by atoms with Crippen molar-refractivity contribution in [3.05, 3.63) is 172 Å². The topological polar surface area (TPSA) is 162 Å². The van der Waals surface area contributed by atoms with Crippen LogP contribution < -0.4 is 31.4 Å². The van der Waals surface area contributed by atoms with E-state index in [9.17, 15) is 81.5 Å². The largest absolute Gasteiger partial charge is 0.433 e. The molecule has 95 heavy (non-hydrogen) atoms. The highest BCUT2D eigenvalue weighted by molar-refractivity contribution is 7.99. The van der Waals surface area contributed by atoms with E-state index >= 15 is 0 Å². The molecule has 30 heteroatoms. The minimum Gasteiger partial charge on any atom is -0.371 e. The highest BCUT2D eigenvalue weighted by Gasteiger charge is 2.45. The van der Waals surface area contributed by atoms with Crippen LogP contribution in [0.1, 0.15) is 99.1 Å². The Hall–Kier alpha value is -8.31. The van der Waals surface area contributed by atoms with E-state index in [1.807, 2.05) is 6.92 Å². The summed E-state index contributed by atoms with van der Waals surface area (Å²) in [5, 5.41) is 0. The summed E-state index contributed by atoms with van der Waals surface area (Å²) < 4.78 is 167. The first-order valence-corrected chi connectivity index (χ1v) is 32.0. The maximum Gasteiger partial charge on any atom is 0.433 e. The first-order chi connectivity index (χ1) is 44.8. The smallest absolute Gasteiger partial charge is 0.371 e. The van der Waals surface area contributed by atoms with Gasteiger partial charge in [-0.05, 0) is 103 Å². The lowest BCUT2D eigenvalue weighted by Gasteiger charge is -2.41. The Morgan fingerprint density at radius 1 is 0.537 bits per heavy atom. The highest BCUT2D eigenvalue weighted by Crippen LogP contribution is 2.49. The number of fused-ring (bicyclic) bond motifs is 3. The average Bonchev–Trinajstić information content (AvgIpc) is 1.62. The van der Waals surface area contributed by atoms with E-state index < -0.39 is 65.2 Å². The number of carbonyl (C=O) groups excluding carboxylic acids is 3. The number of hydrogen-bond donors (Lipinski definition) is 0. The number of alkyl halides is 12. The van der Waals surface area contributed by atoms with Crippen LogP contribution in [0.4, 0.5) is 69.7 Å². The minimum absolute atomic E-state index is 0.00633. The molecular weight excluding hydrogens is 1290 g/mol. The Morgan fingerprint density at radius 2 is 1.02 bits per heavy atom. The predicted octanol–water partition coefficient (Wildman–Crippen LogP) is 9.90. The first kappa shape index (κ1) is 65.4. The van der Waals surface area contributed by atoms with Crippen molar-refractivity contribution in [3.63, 3.8) is 0 Å². The summed E-state index contributed by atoms with van der Waals surface area (Å²) in [6.45, 7) is 3.80. The molecule has 1 aromatic carbocycles. The van der Waals surface area contributed by atoms with Crippen LogP contribution in [0.2, 0.25) is 0 Å². The molecular formula is C65H63F12N11O6S. The molecule has 6 aliphatic heterocycles. The van der Waals surface area contributed by atoms with E-state index in [0.29, 0.717) is 98.5 Å². The van der Waals surface area contributed by atoms with Crippen LogP contribution in [0.15, 0.2) is 92.3 Å². The van der Waals surface area contributed by atoms with Crippen molar-refractivity contribution < 1.29 is 67.1 Å². The SMILES string of the molecule is Cc1cc(=O)n(C2CC2CSc2c3c(n(CCc4cc(=O)n(CC(F)(F)F)c5c4CN(C(=O)CC4CN(c6ccc(C(F)(F)F)cc6)C4)C5)c(=O)c2C)CN(C(=O)CC2CN(c4ccnc(C(F)(F)F)c4)C2)C3)c2c1CN(C(=O)CC1CN(c3ccnc(C(F)(F)F)c3)C1)C2. The third-order valence-corrected chi connectivity index (χ3v) is 21.0. The van der Waals surface area contributed by atoms with Gasteiger partial charge < -0.3 is 43.1 Å². The number of amides is 3. The number of pyridine rings is 5. The van der Waals surface area contributed by atoms with E-state index in [4.69, 9.17) is 0 Å². The van der Waals surface area contributed by atoms with Crippen LogP contribution in [0.25, 0.3) is 0 Å². The molecule has 11 heterocycles. The molecule has 3 saturated heterocycles. The fourth-order valence-electron chi connectivity index (χ4n) is 14.3. The van der Waals surface area contributed by atoms with Crippen molar-refractivity contribution >= 4 is 46.5 Å². The summed E-state index contributed by atoms with van der Waals surface area (Å²) >= 11 is 1.40. The van der Waals surface area contributed by atoms with E-state index in [0.717, 1.165) is 53.9 Å². The first-order valence-electron chi connectivity index (χ1n) is 31.1. The molecule has 4 fully saturated rings.